The number of rotatable bonds is 4. The van der Waals surface area contributed by atoms with Gasteiger partial charge in [-0.1, -0.05) is 28.1 Å². The van der Waals surface area contributed by atoms with Crippen molar-refractivity contribution in [3.8, 4) is 17.0 Å². The zero-order chi connectivity index (χ0) is 16.2. The minimum atomic E-state index is -0.225. The second-order valence-electron chi connectivity index (χ2n) is 4.84. The maximum absolute atomic E-state index is 11.9. The summed E-state index contributed by atoms with van der Waals surface area (Å²) in [5.74, 6) is 1.10. The lowest BCUT2D eigenvalue weighted by molar-refractivity contribution is 0.415. The fourth-order valence-corrected chi connectivity index (χ4v) is 2.38. The number of nitrogens with zero attached hydrogens (tertiary/aromatic N) is 1. The van der Waals surface area contributed by atoms with Gasteiger partial charge in [0.1, 0.15) is 5.75 Å². The summed E-state index contributed by atoms with van der Waals surface area (Å²) in [6, 6.07) is 16.5. The Balaban J connectivity index is 1.95. The van der Waals surface area contributed by atoms with E-state index in [-0.39, 0.29) is 5.56 Å². The second-order valence-corrected chi connectivity index (χ2v) is 5.76. The lowest BCUT2D eigenvalue weighted by Crippen LogP contribution is -2.10. The van der Waals surface area contributed by atoms with Gasteiger partial charge in [-0.2, -0.15) is 0 Å². The molecule has 0 aliphatic rings. The molecule has 1 aromatic heterocycles. The molecular weight excluding hydrogens is 358 g/mol. The van der Waals surface area contributed by atoms with Crippen LogP contribution in [0.1, 0.15) is 0 Å². The molecule has 6 heteroatoms. The Hall–Kier alpha value is -2.60. The van der Waals surface area contributed by atoms with Crippen molar-refractivity contribution >= 4 is 27.6 Å². The number of nitrogens with one attached hydrogen (secondary N) is 2. The number of anilines is 2. The Labute approximate surface area is 141 Å². The molecular formula is C17H14BrN3O2. The molecule has 0 bridgehead atoms. The van der Waals surface area contributed by atoms with Gasteiger partial charge in [0.15, 0.2) is 0 Å². The van der Waals surface area contributed by atoms with Crippen LogP contribution in [0.25, 0.3) is 11.3 Å². The van der Waals surface area contributed by atoms with Crippen LogP contribution in [0.4, 0.5) is 11.6 Å². The summed E-state index contributed by atoms with van der Waals surface area (Å²) >= 11 is 3.39. The summed E-state index contributed by atoms with van der Waals surface area (Å²) in [6.45, 7) is 0. The number of halogens is 1. The van der Waals surface area contributed by atoms with E-state index in [4.69, 9.17) is 4.74 Å². The van der Waals surface area contributed by atoms with E-state index in [1.807, 2.05) is 48.5 Å². The van der Waals surface area contributed by atoms with Gasteiger partial charge >= 0.3 is 0 Å². The van der Waals surface area contributed by atoms with Crippen molar-refractivity contribution < 1.29 is 4.74 Å². The zero-order valence-corrected chi connectivity index (χ0v) is 13.9. The average Bonchev–Trinajstić information content (AvgIpc) is 2.56. The normalized spacial score (nSPS) is 10.3. The molecule has 5 nitrogen and oxygen atoms in total. The molecule has 0 aliphatic carbocycles. The average molecular weight is 372 g/mol. The quantitative estimate of drug-likeness (QED) is 0.728. The first-order chi connectivity index (χ1) is 11.1. The first-order valence-corrected chi connectivity index (χ1v) is 7.72. The summed E-state index contributed by atoms with van der Waals surface area (Å²) in [7, 11) is 1.60. The monoisotopic (exact) mass is 371 g/mol. The van der Waals surface area contributed by atoms with Crippen molar-refractivity contribution in [2.45, 2.75) is 0 Å². The SMILES string of the molecule is COc1cccc(-c2cc(=O)[nH]c(Nc3ccc(Br)cc3)n2)c1. The van der Waals surface area contributed by atoms with Gasteiger partial charge in [-0.05, 0) is 36.4 Å². The molecule has 0 unspecified atom stereocenters. The van der Waals surface area contributed by atoms with E-state index in [1.54, 1.807) is 7.11 Å². The maximum Gasteiger partial charge on any atom is 0.252 e. The van der Waals surface area contributed by atoms with E-state index >= 15 is 0 Å². The number of ether oxygens (including phenoxy) is 1. The van der Waals surface area contributed by atoms with E-state index in [9.17, 15) is 4.79 Å². The van der Waals surface area contributed by atoms with Gasteiger partial charge in [0, 0.05) is 21.8 Å². The predicted octanol–water partition coefficient (Wildman–Crippen LogP) is 3.95. The molecule has 0 aliphatic heterocycles. The van der Waals surface area contributed by atoms with Crippen LogP contribution in [0.3, 0.4) is 0 Å². The molecule has 2 aromatic carbocycles. The highest BCUT2D eigenvalue weighted by atomic mass is 79.9. The Morgan fingerprint density at radius 1 is 1.13 bits per heavy atom. The van der Waals surface area contributed by atoms with Crippen LogP contribution >= 0.6 is 15.9 Å². The molecule has 3 rings (SSSR count). The lowest BCUT2D eigenvalue weighted by Gasteiger charge is -2.08. The third kappa shape index (κ3) is 3.78. The van der Waals surface area contributed by atoms with Crippen molar-refractivity contribution in [2.75, 3.05) is 12.4 Å². The van der Waals surface area contributed by atoms with Crippen LogP contribution in [-0.4, -0.2) is 17.1 Å². The Bertz CT molecular complexity index is 876. The minimum absolute atomic E-state index is 0.225. The highest BCUT2D eigenvalue weighted by Gasteiger charge is 2.06. The van der Waals surface area contributed by atoms with Crippen LogP contribution in [0, 0.1) is 0 Å². The molecule has 0 spiro atoms. The number of methoxy groups -OCH3 is 1. The topological polar surface area (TPSA) is 67.0 Å². The summed E-state index contributed by atoms with van der Waals surface area (Å²) < 4.78 is 6.19. The number of aromatic amines is 1. The van der Waals surface area contributed by atoms with Gasteiger partial charge in [-0.25, -0.2) is 4.98 Å². The molecule has 0 atom stereocenters. The second kappa shape index (κ2) is 6.66. The smallest absolute Gasteiger partial charge is 0.252 e. The lowest BCUT2D eigenvalue weighted by atomic mass is 10.1. The van der Waals surface area contributed by atoms with E-state index in [2.05, 4.69) is 31.2 Å². The van der Waals surface area contributed by atoms with Crippen molar-refractivity contribution in [1.82, 2.24) is 9.97 Å². The van der Waals surface area contributed by atoms with Gasteiger partial charge in [0.05, 0.1) is 12.8 Å². The van der Waals surface area contributed by atoms with Crippen LogP contribution in [0.15, 0.2) is 63.9 Å². The molecule has 0 fully saturated rings. The number of hydrogen-bond donors (Lipinski definition) is 2. The van der Waals surface area contributed by atoms with Crippen LogP contribution < -0.4 is 15.6 Å². The summed E-state index contributed by atoms with van der Waals surface area (Å²) in [6.07, 6.45) is 0. The molecule has 0 saturated heterocycles. The summed E-state index contributed by atoms with van der Waals surface area (Å²) in [5.41, 5.74) is 2.00. The van der Waals surface area contributed by atoms with Crippen molar-refractivity contribution in [3.63, 3.8) is 0 Å². The Kier molecular flexibility index (Phi) is 4.43. The number of hydrogen-bond acceptors (Lipinski definition) is 4. The molecule has 116 valence electrons. The van der Waals surface area contributed by atoms with Gasteiger partial charge in [0.2, 0.25) is 5.95 Å². The predicted molar refractivity (Wildman–Crippen MR) is 94.3 cm³/mol. The van der Waals surface area contributed by atoms with Crippen LogP contribution in [-0.2, 0) is 0 Å². The minimum Gasteiger partial charge on any atom is -0.497 e. The van der Waals surface area contributed by atoms with E-state index in [1.165, 1.54) is 6.07 Å². The van der Waals surface area contributed by atoms with Crippen molar-refractivity contribution in [1.29, 1.82) is 0 Å². The van der Waals surface area contributed by atoms with Gasteiger partial charge in [-0.15, -0.1) is 0 Å². The van der Waals surface area contributed by atoms with Crippen LogP contribution in [0.5, 0.6) is 5.75 Å². The Morgan fingerprint density at radius 3 is 2.65 bits per heavy atom. The van der Waals surface area contributed by atoms with Gasteiger partial charge < -0.3 is 10.1 Å². The third-order valence-electron chi connectivity index (χ3n) is 3.21. The molecule has 23 heavy (non-hydrogen) atoms. The van der Waals surface area contributed by atoms with Crippen LogP contribution in [0.2, 0.25) is 0 Å². The summed E-state index contributed by atoms with van der Waals surface area (Å²) in [5, 5.41) is 3.09. The largest absolute Gasteiger partial charge is 0.497 e. The standard InChI is InChI=1S/C17H14BrN3O2/c1-23-14-4-2-3-11(9-14)15-10-16(22)21-17(20-15)19-13-7-5-12(18)6-8-13/h2-10H,1H3,(H2,19,20,21,22). The molecule has 0 radical (unpaired) electrons. The number of aromatic nitrogens is 2. The van der Waals surface area contributed by atoms with E-state index in [0.717, 1.165) is 15.7 Å². The third-order valence-corrected chi connectivity index (χ3v) is 3.74. The highest BCUT2D eigenvalue weighted by Crippen LogP contribution is 2.23. The van der Waals surface area contributed by atoms with Crippen molar-refractivity contribution in [2.24, 2.45) is 0 Å². The maximum atomic E-state index is 11.9. The number of benzene rings is 2. The molecule has 0 saturated carbocycles. The van der Waals surface area contributed by atoms with E-state index < -0.39 is 0 Å². The first-order valence-electron chi connectivity index (χ1n) is 6.92. The number of H-pyrrole nitrogens is 1. The molecule has 1 heterocycles. The Morgan fingerprint density at radius 2 is 1.91 bits per heavy atom. The first kappa shape index (κ1) is 15.3. The highest BCUT2D eigenvalue weighted by molar-refractivity contribution is 9.10. The van der Waals surface area contributed by atoms with Crippen molar-refractivity contribution in [3.05, 3.63) is 69.4 Å². The molecule has 2 N–H and O–H groups in total. The van der Waals surface area contributed by atoms with Gasteiger partial charge in [-0.3, -0.25) is 9.78 Å². The fraction of sp³-hybridized carbons (Fsp3) is 0.0588. The zero-order valence-electron chi connectivity index (χ0n) is 12.3. The fourth-order valence-electron chi connectivity index (χ4n) is 2.12. The van der Waals surface area contributed by atoms with Gasteiger partial charge in [0.25, 0.3) is 5.56 Å². The van der Waals surface area contributed by atoms with E-state index in [0.29, 0.717) is 17.4 Å². The molecule has 0 amide bonds. The molecule has 3 aromatic rings. The summed E-state index contributed by atoms with van der Waals surface area (Å²) in [4.78, 5) is 19.1.